The normalized spacial score (nSPS) is 15.9. The van der Waals surface area contributed by atoms with Gasteiger partial charge in [-0.25, -0.2) is 17.6 Å². The zero-order chi connectivity index (χ0) is 35.0. The largest absolute Gasteiger partial charge is 0.488 e. The standard InChI is InChI=1S/C40H42Cl2F4N2O2/c41-37-29(25-49-35-15-13-27(21-33(35)39(43)44)23-47-17-3-1-4-18-47)9-7-11-31(37)32-12-8-10-30(38(32)42)26-50-36-16-14-28(22-34(36)40(45)46)24-48-19-5-2-6-20-48/h7-16,21-22,39-40H,1-6,17-20,23-26H2. The highest BCUT2D eigenvalue weighted by Gasteiger charge is 2.21. The SMILES string of the molecule is FC(F)c1cc(CN2CCCCC2)ccc1OCc1cccc(-c2cccc(COc3ccc(CN4CCCCC4)cc3C(F)F)c2Cl)c1Cl. The van der Waals surface area contributed by atoms with Crippen molar-refractivity contribution in [3.63, 3.8) is 0 Å². The Bertz CT molecular complexity index is 1620. The van der Waals surface area contributed by atoms with E-state index in [-0.39, 0.29) is 35.8 Å². The van der Waals surface area contributed by atoms with E-state index in [4.69, 9.17) is 32.7 Å². The molecule has 2 aliphatic heterocycles. The quantitative estimate of drug-likeness (QED) is 0.128. The number of alkyl halides is 4. The molecule has 0 amide bonds. The fourth-order valence-electron chi connectivity index (χ4n) is 6.86. The van der Waals surface area contributed by atoms with E-state index in [9.17, 15) is 17.6 Å². The van der Waals surface area contributed by atoms with Crippen molar-refractivity contribution in [2.24, 2.45) is 0 Å². The van der Waals surface area contributed by atoms with Crippen molar-refractivity contribution in [2.75, 3.05) is 26.2 Å². The summed E-state index contributed by atoms with van der Waals surface area (Å²) in [5.41, 5.74) is 3.84. The van der Waals surface area contributed by atoms with Crippen LogP contribution >= 0.6 is 23.2 Å². The first-order valence-electron chi connectivity index (χ1n) is 17.3. The maximum absolute atomic E-state index is 14.1. The van der Waals surface area contributed by atoms with Crippen molar-refractivity contribution >= 4 is 23.2 Å². The van der Waals surface area contributed by atoms with Crippen molar-refractivity contribution in [3.05, 3.63) is 116 Å². The molecule has 4 aromatic carbocycles. The van der Waals surface area contributed by atoms with Gasteiger partial charge in [-0.2, -0.15) is 0 Å². The lowest BCUT2D eigenvalue weighted by atomic mass is 10.0. The van der Waals surface area contributed by atoms with Gasteiger partial charge >= 0.3 is 0 Å². The molecule has 0 saturated carbocycles. The number of nitrogens with zero attached hydrogens (tertiary/aromatic N) is 2. The fourth-order valence-corrected chi connectivity index (χ4v) is 7.42. The van der Waals surface area contributed by atoms with E-state index in [1.807, 2.05) is 24.3 Å². The Labute approximate surface area is 301 Å². The third-order valence-corrected chi connectivity index (χ3v) is 10.4. The van der Waals surface area contributed by atoms with Gasteiger partial charge in [0.25, 0.3) is 12.9 Å². The van der Waals surface area contributed by atoms with Gasteiger partial charge in [0.05, 0.1) is 21.2 Å². The van der Waals surface area contributed by atoms with Gasteiger partial charge in [0, 0.05) is 35.3 Å². The molecular formula is C40H42Cl2F4N2O2. The summed E-state index contributed by atoms with van der Waals surface area (Å²) in [6.07, 6.45) is 1.55. The summed E-state index contributed by atoms with van der Waals surface area (Å²) in [5, 5.41) is 0.745. The van der Waals surface area contributed by atoms with Crippen molar-refractivity contribution in [1.82, 2.24) is 9.80 Å². The van der Waals surface area contributed by atoms with Gasteiger partial charge in [0.15, 0.2) is 0 Å². The van der Waals surface area contributed by atoms with E-state index < -0.39 is 12.9 Å². The minimum atomic E-state index is -2.69. The van der Waals surface area contributed by atoms with Gasteiger partial charge in [-0.1, -0.05) is 84.6 Å². The summed E-state index contributed by atoms with van der Waals surface area (Å²) in [6.45, 7) is 5.12. The summed E-state index contributed by atoms with van der Waals surface area (Å²) in [6, 6.07) is 20.8. The molecule has 0 spiro atoms. The maximum atomic E-state index is 14.1. The molecule has 2 heterocycles. The van der Waals surface area contributed by atoms with Gasteiger partial charge in [0.1, 0.15) is 24.7 Å². The third-order valence-electron chi connectivity index (χ3n) is 9.54. The summed E-state index contributed by atoms with van der Waals surface area (Å²) in [5.74, 6) is 0.229. The molecule has 0 bridgehead atoms. The van der Waals surface area contributed by atoms with E-state index in [0.29, 0.717) is 45.4 Å². The van der Waals surface area contributed by atoms with E-state index in [0.717, 1.165) is 63.0 Å². The molecule has 266 valence electrons. The first-order valence-corrected chi connectivity index (χ1v) is 18.1. The monoisotopic (exact) mass is 728 g/mol. The fraction of sp³-hybridized carbons (Fsp3) is 0.400. The maximum Gasteiger partial charge on any atom is 0.267 e. The second-order valence-electron chi connectivity index (χ2n) is 13.2. The van der Waals surface area contributed by atoms with Crippen molar-refractivity contribution in [3.8, 4) is 22.6 Å². The molecule has 0 radical (unpaired) electrons. The van der Waals surface area contributed by atoms with Gasteiger partial charge in [-0.05, 0) is 87.3 Å². The average Bonchev–Trinajstić information content (AvgIpc) is 3.12. The Balaban J connectivity index is 1.15. The minimum Gasteiger partial charge on any atom is -0.488 e. The number of ether oxygens (including phenoxy) is 2. The second-order valence-corrected chi connectivity index (χ2v) is 13.9. The van der Waals surface area contributed by atoms with Crippen LogP contribution < -0.4 is 9.47 Å². The molecule has 0 atom stereocenters. The summed E-state index contributed by atoms with van der Waals surface area (Å²) in [4.78, 5) is 4.59. The van der Waals surface area contributed by atoms with Crippen LogP contribution in [0.3, 0.4) is 0 Å². The Morgan fingerprint density at radius 1 is 0.540 bits per heavy atom. The van der Waals surface area contributed by atoms with Crippen LogP contribution in [-0.2, 0) is 26.3 Å². The van der Waals surface area contributed by atoms with Gasteiger partial charge in [-0.3, -0.25) is 9.80 Å². The predicted octanol–water partition coefficient (Wildman–Crippen LogP) is 11.7. The number of piperidine rings is 2. The lowest BCUT2D eigenvalue weighted by molar-refractivity contribution is 0.143. The number of rotatable bonds is 13. The number of likely N-dealkylation sites (tertiary alicyclic amines) is 2. The molecule has 2 fully saturated rings. The number of hydrogen-bond acceptors (Lipinski definition) is 4. The molecule has 4 nitrogen and oxygen atoms in total. The molecule has 2 saturated heterocycles. The first-order chi connectivity index (χ1) is 24.3. The number of halogens is 6. The van der Waals surface area contributed by atoms with Crippen molar-refractivity contribution < 1.29 is 27.0 Å². The predicted molar refractivity (Wildman–Crippen MR) is 192 cm³/mol. The van der Waals surface area contributed by atoms with Crippen molar-refractivity contribution in [1.29, 1.82) is 0 Å². The highest BCUT2D eigenvalue weighted by Crippen LogP contribution is 2.39. The van der Waals surface area contributed by atoms with Crippen molar-refractivity contribution in [2.45, 2.75) is 77.7 Å². The van der Waals surface area contributed by atoms with E-state index in [2.05, 4.69) is 9.80 Å². The average molecular weight is 730 g/mol. The first kappa shape index (κ1) is 36.5. The second kappa shape index (κ2) is 17.3. The van der Waals surface area contributed by atoms with E-state index in [1.165, 1.54) is 25.0 Å². The molecule has 6 rings (SSSR count). The Morgan fingerprint density at radius 3 is 1.32 bits per heavy atom. The van der Waals surface area contributed by atoms with Gasteiger partial charge < -0.3 is 9.47 Å². The van der Waals surface area contributed by atoms with Gasteiger partial charge in [-0.15, -0.1) is 0 Å². The molecule has 2 aliphatic rings. The molecule has 0 N–H and O–H groups in total. The smallest absolute Gasteiger partial charge is 0.267 e. The van der Waals surface area contributed by atoms with Crippen LogP contribution in [0.5, 0.6) is 11.5 Å². The highest BCUT2D eigenvalue weighted by molar-refractivity contribution is 6.37. The van der Waals surface area contributed by atoms with E-state index >= 15 is 0 Å². The lowest BCUT2D eigenvalue weighted by Crippen LogP contribution is -2.29. The highest BCUT2D eigenvalue weighted by atomic mass is 35.5. The summed E-state index contributed by atoms with van der Waals surface area (Å²) in [7, 11) is 0. The Kier molecular flexibility index (Phi) is 12.6. The summed E-state index contributed by atoms with van der Waals surface area (Å²) >= 11 is 13.7. The van der Waals surface area contributed by atoms with Crippen LogP contribution in [0.1, 0.15) is 84.8 Å². The molecule has 4 aromatic rings. The molecule has 0 unspecified atom stereocenters. The zero-order valence-corrected chi connectivity index (χ0v) is 29.5. The van der Waals surface area contributed by atoms with Crippen LogP contribution in [0, 0.1) is 0 Å². The van der Waals surface area contributed by atoms with Crippen LogP contribution in [0.25, 0.3) is 11.1 Å². The minimum absolute atomic E-state index is 0.0254. The molecule has 50 heavy (non-hydrogen) atoms. The number of benzene rings is 4. The zero-order valence-electron chi connectivity index (χ0n) is 28.0. The molecule has 10 heteroatoms. The topological polar surface area (TPSA) is 24.9 Å². The number of hydrogen-bond donors (Lipinski definition) is 0. The lowest BCUT2D eigenvalue weighted by Gasteiger charge is -2.26. The molecule has 0 aliphatic carbocycles. The van der Waals surface area contributed by atoms with Crippen LogP contribution in [0.15, 0.2) is 72.8 Å². The molecular weight excluding hydrogens is 687 g/mol. The molecule has 0 aromatic heterocycles. The summed E-state index contributed by atoms with van der Waals surface area (Å²) < 4.78 is 68.3. The van der Waals surface area contributed by atoms with Crippen LogP contribution in [-0.4, -0.2) is 36.0 Å². The van der Waals surface area contributed by atoms with Crippen LogP contribution in [0.4, 0.5) is 17.6 Å². The van der Waals surface area contributed by atoms with E-state index in [1.54, 1.807) is 36.4 Å². The Hall–Kier alpha value is -3.30. The van der Waals surface area contributed by atoms with Crippen LogP contribution in [0.2, 0.25) is 10.0 Å². The third kappa shape index (κ3) is 9.13. The van der Waals surface area contributed by atoms with Gasteiger partial charge in [0.2, 0.25) is 0 Å². The Morgan fingerprint density at radius 2 is 0.940 bits per heavy atom.